The van der Waals surface area contributed by atoms with E-state index in [4.69, 9.17) is 5.10 Å². The van der Waals surface area contributed by atoms with E-state index in [2.05, 4.69) is 27.3 Å². The van der Waals surface area contributed by atoms with E-state index in [-0.39, 0.29) is 5.91 Å². The van der Waals surface area contributed by atoms with Gasteiger partial charge in [-0.05, 0) is 17.7 Å². The highest BCUT2D eigenvalue weighted by molar-refractivity contribution is 5.94. The van der Waals surface area contributed by atoms with Gasteiger partial charge in [-0.25, -0.2) is 0 Å². The number of rotatable bonds is 4. The van der Waals surface area contributed by atoms with Crippen LogP contribution in [0.3, 0.4) is 0 Å². The molecule has 0 unspecified atom stereocenters. The summed E-state index contributed by atoms with van der Waals surface area (Å²) in [6.07, 6.45) is 5.77. The fourth-order valence-corrected chi connectivity index (χ4v) is 3.96. The van der Waals surface area contributed by atoms with Gasteiger partial charge in [0, 0.05) is 49.2 Å². The molecule has 0 atom stereocenters. The highest BCUT2D eigenvalue weighted by atomic mass is 16.2. The van der Waals surface area contributed by atoms with Crippen molar-refractivity contribution in [2.75, 3.05) is 6.54 Å². The zero-order valence-electron chi connectivity index (χ0n) is 16.6. The van der Waals surface area contributed by atoms with Crippen molar-refractivity contribution in [2.45, 2.75) is 19.5 Å². The van der Waals surface area contributed by atoms with Crippen molar-refractivity contribution in [3.8, 4) is 11.5 Å². The first-order chi connectivity index (χ1) is 14.7. The van der Waals surface area contributed by atoms with Crippen LogP contribution in [0.2, 0.25) is 0 Å². The highest BCUT2D eigenvalue weighted by Gasteiger charge is 2.29. The number of hydrogen-bond donors (Lipinski definition) is 0. The number of nitrogens with zero attached hydrogens (tertiary/aromatic N) is 7. The molecule has 4 aromatic rings. The molecule has 8 nitrogen and oxygen atoms in total. The Morgan fingerprint density at radius 2 is 1.90 bits per heavy atom. The van der Waals surface area contributed by atoms with Gasteiger partial charge in [0.25, 0.3) is 5.91 Å². The van der Waals surface area contributed by atoms with Crippen molar-refractivity contribution in [1.82, 2.24) is 34.4 Å². The van der Waals surface area contributed by atoms with Gasteiger partial charge in [0.2, 0.25) is 0 Å². The van der Waals surface area contributed by atoms with Crippen LogP contribution in [-0.2, 0) is 26.6 Å². The number of hydrogen-bond acceptors (Lipinski definition) is 5. The molecular formula is C22H21N7O. The maximum atomic E-state index is 13.0. The van der Waals surface area contributed by atoms with Crippen LogP contribution in [0.5, 0.6) is 0 Å². The number of carbonyl (C=O) groups is 1. The van der Waals surface area contributed by atoms with Crippen molar-refractivity contribution < 1.29 is 4.79 Å². The largest absolute Gasteiger partial charge is 0.334 e. The van der Waals surface area contributed by atoms with E-state index in [0.29, 0.717) is 31.0 Å². The van der Waals surface area contributed by atoms with E-state index < -0.39 is 0 Å². The van der Waals surface area contributed by atoms with E-state index in [1.807, 2.05) is 39.4 Å². The topological polar surface area (TPSA) is 81.7 Å². The quantitative estimate of drug-likeness (QED) is 0.526. The Hall–Kier alpha value is -3.81. The van der Waals surface area contributed by atoms with Crippen molar-refractivity contribution in [2.24, 2.45) is 7.05 Å². The van der Waals surface area contributed by atoms with E-state index in [9.17, 15) is 4.79 Å². The fourth-order valence-electron chi connectivity index (χ4n) is 3.96. The zero-order valence-corrected chi connectivity index (χ0v) is 16.6. The summed E-state index contributed by atoms with van der Waals surface area (Å²) in [4.78, 5) is 18.8. The molecule has 1 aliphatic heterocycles. The van der Waals surface area contributed by atoms with Gasteiger partial charge in [-0.1, -0.05) is 30.3 Å². The number of carbonyl (C=O) groups excluding carboxylic acids is 1. The zero-order chi connectivity index (χ0) is 20.5. The average molecular weight is 399 g/mol. The summed E-state index contributed by atoms with van der Waals surface area (Å²) in [5.41, 5.74) is 4.77. The number of aryl methyl sites for hydroxylation is 1. The maximum absolute atomic E-state index is 13.0. The van der Waals surface area contributed by atoms with Crippen LogP contribution < -0.4 is 0 Å². The molecular weight excluding hydrogens is 378 g/mol. The van der Waals surface area contributed by atoms with Gasteiger partial charge in [-0.2, -0.15) is 5.10 Å². The highest BCUT2D eigenvalue weighted by Crippen LogP contribution is 2.29. The lowest BCUT2D eigenvalue weighted by Gasteiger charge is -2.27. The molecule has 5 rings (SSSR count). The summed E-state index contributed by atoms with van der Waals surface area (Å²) in [7, 11) is 1.95. The van der Waals surface area contributed by atoms with Crippen molar-refractivity contribution in [3.05, 3.63) is 83.6 Å². The SMILES string of the molecule is Cn1nc(-c2nncn2Cc2ccccc2)c2c1CCN(C(=O)c1ccncc1)C2. The molecule has 0 radical (unpaired) electrons. The molecule has 3 aromatic heterocycles. The second-order valence-electron chi connectivity index (χ2n) is 7.38. The molecule has 4 heterocycles. The Bertz CT molecular complexity index is 1180. The monoisotopic (exact) mass is 399 g/mol. The van der Waals surface area contributed by atoms with Crippen LogP contribution in [0.25, 0.3) is 11.5 Å². The second kappa shape index (κ2) is 7.55. The average Bonchev–Trinajstić information content (AvgIpc) is 3.38. The maximum Gasteiger partial charge on any atom is 0.254 e. The lowest BCUT2D eigenvalue weighted by molar-refractivity contribution is 0.0733. The van der Waals surface area contributed by atoms with E-state index in [1.165, 1.54) is 0 Å². The molecule has 0 bridgehead atoms. The first kappa shape index (κ1) is 18.2. The molecule has 150 valence electrons. The first-order valence-electron chi connectivity index (χ1n) is 9.87. The van der Waals surface area contributed by atoms with Crippen LogP contribution in [0.15, 0.2) is 61.2 Å². The van der Waals surface area contributed by atoms with Gasteiger partial charge < -0.3 is 9.47 Å². The van der Waals surface area contributed by atoms with Crippen LogP contribution in [0.4, 0.5) is 0 Å². The molecule has 0 saturated heterocycles. The Labute approximate surface area is 173 Å². The third kappa shape index (κ3) is 3.26. The van der Waals surface area contributed by atoms with Gasteiger partial charge in [0.15, 0.2) is 5.82 Å². The molecule has 30 heavy (non-hydrogen) atoms. The van der Waals surface area contributed by atoms with Gasteiger partial charge in [-0.15, -0.1) is 10.2 Å². The van der Waals surface area contributed by atoms with Crippen LogP contribution in [0.1, 0.15) is 27.2 Å². The van der Waals surface area contributed by atoms with E-state index in [1.54, 1.807) is 30.9 Å². The van der Waals surface area contributed by atoms with Crippen molar-refractivity contribution in [1.29, 1.82) is 0 Å². The summed E-state index contributed by atoms with van der Waals surface area (Å²) < 4.78 is 3.90. The Morgan fingerprint density at radius 1 is 1.10 bits per heavy atom. The van der Waals surface area contributed by atoms with Gasteiger partial charge in [0.05, 0.1) is 13.1 Å². The molecule has 1 aliphatic rings. The standard InChI is InChI=1S/C22H21N7O/c1-27-19-9-12-28(22(30)17-7-10-23-11-8-17)14-18(19)20(26-27)21-25-24-15-29(21)13-16-5-3-2-4-6-16/h2-8,10-11,15H,9,12-14H2,1H3. The molecule has 0 spiro atoms. The number of benzene rings is 1. The molecule has 0 aliphatic carbocycles. The molecule has 8 heteroatoms. The van der Waals surface area contributed by atoms with Crippen LogP contribution in [0, 0.1) is 0 Å². The Morgan fingerprint density at radius 3 is 2.70 bits per heavy atom. The summed E-state index contributed by atoms with van der Waals surface area (Å²) in [5, 5.41) is 13.2. The third-order valence-electron chi connectivity index (χ3n) is 5.48. The molecule has 0 fully saturated rings. The van der Waals surface area contributed by atoms with Crippen LogP contribution >= 0.6 is 0 Å². The number of amides is 1. The van der Waals surface area contributed by atoms with E-state index in [0.717, 1.165) is 28.9 Å². The van der Waals surface area contributed by atoms with Crippen molar-refractivity contribution in [3.63, 3.8) is 0 Å². The van der Waals surface area contributed by atoms with Gasteiger partial charge >= 0.3 is 0 Å². The summed E-state index contributed by atoms with van der Waals surface area (Å²) in [6.45, 7) is 1.82. The van der Waals surface area contributed by atoms with Crippen molar-refractivity contribution >= 4 is 5.91 Å². The number of pyridine rings is 1. The van der Waals surface area contributed by atoms with Gasteiger partial charge in [0.1, 0.15) is 12.0 Å². The minimum absolute atomic E-state index is 0.00334. The lowest BCUT2D eigenvalue weighted by Crippen LogP contribution is -2.36. The van der Waals surface area contributed by atoms with Gasteiger partial charge in [-0.3, -0.25) is 14.5 Å². The van der Waals surface area contributed by atoms with Crippen LogP contribution in [-0.4, -0.2) is 46.9 Å². The number of aromatic nitrogens is 6. The molecule has 1 aromatic carbocycles. The molecule has 0 saturated carbocycles. The predicted molar refractivity (Wildman–Crippen MR) is 110 cm³/mol. The lowest BCUT2D eigenvalue weighted by atomic mass is 10.0. The Kier molecular flexibility index (Phi) is 4.59. The molecule has 1 amide bonds. The Balaban J connectivity index is 1.47. The minimum atomic E-state index is 0.00334. The van der Waals surface area contributed by atoms with E-state index >= 15 is 0 Å². The summed E-state index contributed by atoms with van der Waals surface area (Å²) in [6, 6.07) is 13.7. The predicted octanol–water partition coefficient (Wildman–Crippen LogP) is 2.32. The molecule has 0 N–H and O–H groups in total. The first-order valence-corrected chi connectivity index (χ1v) is 9.87. The third-order valence-corrected chi connectivity index (χ3v) is 5.48. The minimum Gasteiger partial charge on any atom is -0.334 e. The fraction of sp³-hybridized carbons (Fsp3) is 0.227. The normalized spacial score (nSPS) is 13.3. The summed E-state index contributed by atoms with van der Waals surface area (Å²) in [5.74, 6) is 0.720. The number of fused-ring (bicyclic) bond motifs is 1. The smallest absolute Gasteiger partial charge is 0.254 e. The summed E-state index contributed by atoms with van der Waals surface area (Å²) >= 11 is 0. The second-order valence-corrected chi connectivity index (χ2v) is 7.38.